The Morgan fingerprint density at radius 2 is 1.83 bits per heavy atom. The minimum Gasteiger partial charge on any atom is -0.469 e. The number of rotatable bonds is 7. The number of esters is 1. The smallest absolute Gasteiger partial charge is 0.305 e. The van der Waals surface area contributed by atoms with Gasteiger partial charge in [0.05, 0.1) is 13.7 Å². The lowest BCUT2D eigenvalue weighted by atomic mass is 10.0. The Bertz CT molecular complexity index is 362. The second-order valence-electron chi connectivity index (χ2n) is 4.33. The van der Waals surface area contributed by atoms with Crippen molar-refractivity contribution in [2.75, 3.05) is 14.2 Å². The van der Waals surface area contributed by atoms with Crippen molar-refractivity contribution in [1.29, 1.82) is 0 Å². The van der Waals surface area contributed by atoms with Gasteiger partial charge in [0.1, 0.15) is 0 Å². The summed E-state index contributed by atoms with van der Waals surface area (Å²) in [7, 11) is 3.07. The maximum absolute atomic E-state index is 11.0. The first kappa shape index (κ1) is 14.7. The van der Waals surface area contributed by atoms with Crippen LogP contribution in [-0.4, -0.2) is 26.2 Å². The molecule has 0 amide bonds. The number of carbonyl (C=O) groups is 1. The molecule has 0 bridgehead atoms. The molecule has 0 aromatic heterocycles. The maximum Gasteiger partial charge on any atom is 0.305 e. The molecule has 2 N–H and O–H groups in total. The molecular formula is C14H21NO3. The number of methoxy groups -OCH3 is 2. The Balaban J connectivity index is 2.39. The van der Waals surface area contributed by atoms with E-state index in [1.165, 1.54) is 12.7 Å². The summed E-state index contributed by atoms with van der Waals surface area (Å²) in [6.07, 6.45) is 1.79. The fourth-order valence-corrected chi connectivity index (χ4v) is 1.75. The summed E-state index contributed by atoms with van der Waals surface area (Å²) in [5.41, 5.74) is 8.29. The van der Waals surface area contributed by atoms with Crippen molar-refractivity contribution in [3.05, 3.63) is 35.4 Å². The van der Waals surface area contributed by atoms with E-state index in [2.05, 4.69) is 4.74 Å². The Morgan fingerprint density at radius 3 is 2.39 bits per heavy atom. The SMILES string of the molecule is COCc1ccc(CC(N)CCC(=O)OC)cc1. The Kier molecular flexibility index (Phi) is 6.39. The minimum absolute atomic E-state index is 0.0163. The molecule has 0 heterocycles. The fraction of sp³-hybridized carbons (Fsp3) is 0.500. The fourth-order valence-electron chi connectivity index (χ4n) is 1.75. The van der Waals surface area contributed by atoms with E-state index < -0.39 is 0 Å². The largest absolute Gasteiger partial charge is 0.469 e. The van der Waals surface area contributed by atoms with Gasteiger partial charge in [-0.15, -0.1) is 0 Å². The van der Waals surface area contributed by atoms with Gasteiger partial charge in [-0.2, -0.15) is 0 Å². The van der Waals surface area contributed by atoms with Crippen molar-refractivity contribution >= 4 is 5.97 Å². The molecule has 0 spiro atoms. The van der Waals surface area contributed by atoms with Crippen LogP contribution in [0.15, 0.2) is 24.3 Å². The third-order valence-corrected chi connectivity index (χ3v) is 2.78. The van der Waals surface area contributed by atoms with Crippen LogP contribution in [0.2, 0.25) is 0 Å². The van der Waals surface area contributed by atoms with Crippen molar-refractivity contribution in [2.24, 2.45) is 5.73 Å². The van der Waals surface area contributed by atoms with Crippen molar-refractivity contribution < 1.29 is 14.3 Å². The van der Waals surface area contributed by atoms with E-state index in [4.69, 9.17) is 10.5 Å². The first-order valence-corrected chi connectivity index (χ1v) is 6.05. The van der Waals surface area contributed by atoms with E-state index in [9.17, 15) is 4.79 Å². The van der Waals surface area contributed by atoms with Crippen LogP contribution in [0.1, 0.15) is 24.0 Å². The molecule has 0 aliphatic rings. The van der Waals surface area contributed by atoms with E-state index in [-0.39, 0.29) is 12.0 Å². The van der Waals surface area contributed by atoms with Gasteiger partial charge in [0.15, 0.2) is 0 Å². The molecule has 0 aliphatic carbocycles. The number of nitrogens with two attached hydrogens (primary N) is 1. The van der Waals surface area contributed by atoms with Gasteiger partial charge in [0, 0.05) is 19.6 Å². The number of ether oxygens (including phenoxy) is 2. The highest BCUT2D eigenvalue weighted by molar-refractivity contribution is 5.69. The van der Waals surface area contributed by atoms with Crippen LogP contribution in [0.25, 0.3) is 0 Å². The molecule has 1 aromatic rings. The van der Waals surface area contributed by atoms with Crippen molar-refractivity contribution in [1.82, 2.24) is 0 Å². The lowest BCUT2D eigenvalue weighted by Gasteiger charge is -2.11. The molecule has 1 rings (SSSR count). The topological polar surface area (TPSA) is 61.5 Å². The standard InChI is InChI=1S/C14H21NO3/c1-17-10-12-5-3-11(4-6-12)9-13(15)7-8-14(16)18-2/h3-6,13H,7-10,15H2,1-2H3. The normalized spacial score (nSPS) is 12.2. The summed E-state index contributed by atoms with van der Waals surface area (Å²) in [6, 6.07) is 8.15. The molecular weight excluding hydrogens is 230 g/mol. The zero-order valence-electron chi connectivity index (χ0n) is 11.0. The van der Waals surface area contributed by atoms with Crippen LogP contribution in [0.4, 0.5) is 0 Å². The van der Waals surface area contributed by atoms with Crippen LogP contribution >= 0.6 is 0 Å². The Morgan fingerprint density at radius 1 is 1.22 bits per heavy atom. The van der Waals surface area contributed by atoms with Crippen molar-refractivity contribution in [3.8, 4) is 0 Å². The molecule has 1 unspecified atom stereocenters. The highest BCUT2D eigenvalue weighted by Crippen LogP contribution is 2.09. The number of hydrogen-bond donors (Lipinski definition) is 1. The van der Waals surface area contributed by atoms with Crippen LogP contribution in [0.5, 0.6) is 0 Å². The van der Waals surface area contributed by atoms with E-state index in [1.54, 1.807) is 7.11 Å². The van der Waals surface area contributed by atoms with Crippen LogP contribution in [-0.2, 0) is 27.3 Å². The number of benzene rings is 1. The third kappa shape index (κ3) is 5.29. The minimum atomic E-state index is -0.208. The molecule has 0 saturated carbocycles. The van der Waals surface area contributed by atoms with E-state index in [0.717, 1.165) is 12.0 Å². The molecule has 0 aliphatic heterocycles. The molecule has 18 heavy (non-hydrogen) atoms. The lowest BCUT2D eigenvalue weighted by Crippen LogP contribution is -2.24. The molecule has 100 valence electrons. The number of carbonyl (C=O) groups excluding carboxylic acids is 1. The van der Waals surface area contributed by atoms with Crippen molar-refractivity contribution in [3.63, 3.8) is 0 Å². The maximum atomic E-state index is 11.0. The summed E-state index contributed by atoms with van der Waals surface area (Å²) in [5.74, 6) is -0.208. The second-order valence-corrected chi connectivity index (χ2v) is 4.33. The highest BCUT2D eigenvalue weighted by atomic mass is 16.5. The summed E-state index contributed by atoms with van der Waals surface area (Å²) in [6.45, 7) is 0.620. The average molecular weight is 251 g/mol. The molecule has 4 heteroatoms. The van der Waals surface area contributed by atoms with Crippen molar-refractivity contribution in [2.45, 2.75) is 31.9 Å². The monoisotopic (exact) mass is 251 g/mol. The Hall–Kier alpha value is -1.39. The summed E-state index contributed by atoms with van der Waals surface area (Å²) in [4.78, 5) is 11.0. The predicted molar refractivity (Wildman–Crippen MR) is 70.1 cm³/mol. The van der Waals surface area contributed by atoms with Gasteiger partial charge >= 0.3 is 5.97 Å². The van der Waals surface area contributed by atoms with Gasteiger partial charge in [-0.25, -0.2) is 0 Å². The third-order valence-electron chi connectivity index (χ3n) is 2.78. The lowest BCUT2D eigenvalue weighted by molar-refractivity contribution is -0.140. The van der Waals surface area contributed by atoms with Gasteiger partial charge in [-0.05, 0) is 24.0 Å². The van der Waals surface area contributed by atoms with Crippen LogP contribution in [0, 0.1) is 0 Å². The van der Waals surface area contributed by atoms with Crippen LogP contribution in [0.3, 0.4) is 0 Å². The zero-order chi connectivity index (χ0) is 13.4. The van der Waals surface area contributed by atoms with E-state index >= 15 is 0 Å². The predicted octanol–water partition coefficient (Wildman–Crippen LogP) is 1.66. The van der Waals surface area contributed by atoms with Gasteiger partial charge in [-0.3, -0.25) is 4.79 Å². The molecule has 0 fully saturated rings. The van der Waals surface area contributed by atoms with E-state index in [0.29, 0.717) is 19.4 Å². The van der Waals surface area contributed by atoms with Gasteiger partial charge < -0.3 is 15.2 Å². The summed E-state index contributed by atoms with van der Waals surface area (Å²) in [5, 5.41) is 0. The zero-order valence-corrected chi connectivity index (χ0v) is 11.0. The quantitative estimate of drug-likeness (QED) is 0.749. The first-order chi connectivity index (χ1) is 8.65. The van der Waals surface area contributed by atoms with Gasteiger partial charge in [-0.1, -0.05) is 24.3 Å². The molecule has 1 atom stereocenters. The van der Waals surface area contributed by atoms with Crippen LogP contribution < -0.4 is 5.73 Å². The van der Waals surface area contributed by atoms with Gasteiger partial charge in [0.25, 0.3) is 0 Å². The second kappa shape index (κ2) is 7.84. The summed E-state index contributed by atoms with van der Waals surface area (Å²) >= 11 is 0. The highest BCUT2D eigenvalue weighted by Gasteiger charge is 2.08. The van der Waals surface area contributed by atoms with E-state index in [1.807, 2.05) is 24.3 Å². The number of hydrogen-bond acceptors (Lipinski definition) is 4. The molecule has 0 radical (unpaired) electrons. The summed E-state index contributed by atoms with van der Waals surface area (Å²) < 4.78 is 9.64. The van der Waals surface area contributed by atoms with Gasteiger partial charge in [0.2, 0.25) is 0 Å². The first-order valence-electron chi connectivity index (χ1n) is 6.05. The molecule has 0 saturated heterocycles. The average Bonchev–Trinajstić information content (AvgIpc) is 2.38. The molecule has 4 nitrogen and oxygen atoms in total. The molecule has 1 aromatic carbocycles. The Labute approximate surface area is 108 Å².